The number of phenolic OH excluding ortho intramolecular Hbond substituents is 1. The first-order valence-corrected chi connectivity index (χ1v) is 17.3. The highest BCUT2D eigenvalue weighted by Crippen LogP contribution is 2.65. The Morgan fingerprint density at radius 1 is 1.05 bits per heavy atom. The average Bonchev–Trinajstić information content (AvgIpc) is 3.29. The van der Waals surface area contributed by atoms with Crippen LogP contribution in [-0.4, -0.2) is 56.3 Å². The van der Waals surface area contributed by atoms with Crippen molar-refractivity contribution < 1.29 is 14.4 Å². The van der Waals surface area contributed by atoms with Gasteiger partial charge in [0.15, 0.2) is 0 Å². The standard InChI is InChI=1S/C36H46N2O3S/c1-36-23-32(35-30-14-12-29(39)22-27(30)11-13-31(35)33(36)15-16-34(36)40)26-9-7-25(8-10-26)17-20-38(2)19-5-21-42(41)24-28-6-3-4-18-37-28/h3-4,6-10,12,14,18,22,31-35,39-40H,5,11,13,15-17,19-21,23-24H2,1-2H3/t31?,32-,33?,34?,35?,36?,42?/m1/s1. The number of pyridine rings is 1. The summed E-state index contributed by atoms with van der Waals surface area (Å²) in [6, 6.07) is 21.1. The van der Waals surface area contributed by atoms with Crippen molar-refractivity contribution in [3.63, 3.8) is 0 Å². The van der Waals surface area contributed by atoms with Gasteiger partial charge in [-0.3, -0.25) is 9.19 Å². The van der Waals surface area contributed by atoms with Crippen LogP contribution in [0.5, 0.6) is 5.75 Å². The number of hydrogen-bond donors (Lipinski definition) is 2. The van der Waals surface area contributed by atoms with E-state index < -0.39 is 10.8 Å². The lowest BCUT2D eigenvalue weighted by molar-refractivity contribution is -0.0322. The molecular formula is C36H46N2O3S. The Bertz CT molecular complexity index is 1380. The third-order valence-corrected chi connectivity index (χ3v) is 12.2. The smallest absolute Gasteiger partial charge is 0.115 e. The zero-order chi connectivity index (χ0) is 29.3. The van der Waals surface area contributed by atoms with E-state index in [0.717, 1.165) is 63.7 Å². The summed E-state index contributed by atoms with van der Waals surface area (Å²) in [5.41, 5.74) is 6.33. The van der Waals surface area contributed by atoms with E-state index in [9.17, 15) is 14.4 Å². The zero-order valence-corrected chi connectivity index (χ0v) is 25.9. The van der Waals surface area contributed by atoms with Gasteiger partial charge in [0.25, 0.3) is 0 Å². The molecule has 3 aromatic rings. The Morgan fingerprint density at radius 2 is 1.88 bits per heavy atom. The highest BCUT2D eigenvalue weighted by molar-refractivity contribution is 7.84. The molecule has 42 heavy (non-hydrogen) atoms. The van der Waals surface area contributed by atoms with Gasteiger partial charge < -0.3 is 15.1 Å². The van der Waals surface area contributed by atoms with E-state index >= 15 is 0 Å². The number of aromatic hydroxyl groups is 1. The van der Waals surface area contributed by atoms with Gasteiger partial charge in [-0.2, -0.15) is 0 Å². The number of aryl methyl sites for hydroxylation is 1. The molecule has 0 amide bonds. The highest BCUT2D eigenvalue weighted by Gasteiger charge is 2.57. The third-order valence-electron chi connectivity index (χ3n) is 10.8. The third kappa shape index (κ3) is 6.09. The molecule has 0 spiro atoms. The Morgan fingerprint density at radius 3 is 2.67 bits per heavy atom. The van der Waals surface area contributed by atoms with Gasteiger partial charge in [0.05, 0.1) is 17.6 Å². The van der Waals surface area contributed by atoms with Crippen LogP contribution in [0, 0.1) is 17.3 Å². The molecule has 0 saturated heterocycles. The summed E-state index contributed by atoms with van der Waals surface area (Å²) in [7, 11) is 1.28. The van der Waals surface area contributed by atoms with Crippen LogP contribution in [0.25, 0.3) is 0 Å². The molecule has 3 aliphatic rings. The quantitative estimate of drug-likeness (QED) is 0.296. The number of hydrogen-bond acceptors (Lipinski definition) is 5. The molecule has 2 fully saturated rings. The number of likely N-dealkylation sites (N-methyl/N-ethyl adjacent to an activating group) is 1. The van der Waals surface area contributed by atoms with E-state index in [-0.39, 0.29) is 11.5 Å². The maximum absolute atomic E-state index is 12.4. The summed E-state index contributed by atoms with van der Waals surface area (Å²) < 4.78 is 12.4. The Hall–Kier alpha value is -2.54. The second kappa shape index (κ2) is 12.6. The minimum absolute atomic E-state index is 0.0249. The van der Waals surface area contributed by atoms with Crippen molar-refractivity contribution >= 4 is 10.8 Å². The highest BCUT2D eigenvalue weighted by atomic mass is 32.2. The van der Waals surface area contributed by atoms with Gasteiger partial charge in [-0.1, -0.05) is 43.3 Å². The van der Waals surface area contributed by atoms with Gasteiger partial charge in [-0.25, -0.2) is 0 Å². The van der Waals surface area contributed by atoms with E-state index in [2.05, 4.69) is 54.2 Å². The van der Waals surface area contributed by atoms with Crippen LogP contribution in [-0.2, 0) is 29.4 Å². The number of aliphatic hydroxyl groups is 1. The second-order valence-electron chi connectivity index (χ2n) is 13.4. The Labute approximate surface area is 253 Å². The van der Waals surface area contributed by atoms with Crippen molar-refractivity contribution in [3.05, 3.63) is 94.8 Å². The molecule has 7 atom stereocenters. The predicted molar refractivity (Wildman–Crippen MR) is 170 cm³/mol. The van der Waals surface area contributed by atoms with Crippen LogP contribution in [0.1, 0.15) is 78.8 Å². The topological polar surface area (TPSA) is 73.7 Å². The lowest BCUT2D eigenvalue weighted by Crippen LogP contribution is -2.47. The summed E-state index contributed by atoms with van der Waals surface area (Å²) in [5.74, 6) is 3.57. The van der Waals surface area contributed by atoms with Gasteiger partial charge in [-0.05, 0) is 134 Å². The lowest BCUT2D eigenvalue weighted by atomic mass is 9.51. The summed E-state index contributed by atoms with van der Waals surface area (Å²) in [6.07, 6.45) is 8.69. The van der Waals surface area contributed by atoms with E-state index in [4.69, 9.17) is 0 Å². The molecule has 5 nitrogen and oxygen atoms in total. The molecule has 6 unspecified atom stereocenters. The number of benzene rings is 2. The van der Waals surface area contributed by atoms with E-state index in [1.165, 1.54) is 22.3 Å². The molecule has 224 valence electrons. The lowest BCUT2D eigenvalue weighted by Gasteiger charge is -2.54. The van der Waals surface area contributed by atoms with Gasteiger partial charge >= 0.3 is 0 Å². The van der Waals surface area contributed by atoms with Gasteiger partial charge in [-0.15, -0.1) is 0 Å². The normalized spacial score (nSPS) is 29.1. The van der Waals surface area contributed by atoms with Crippen LogP contribution in [0.4, 0.5) is 0 Å². The summed E-state index contributed by atoms with van der Waals surface area (Å²) in [4.78, 5) is 6.63. The van der Waals surface area contributed by atoms with Crippen LogP contribution in [0.3, 0.4) is 0 Å². The molecule has 0 bridgehead atoms. The molecule has 2 N–H and O–H groups in total. The van der Waals surface area contributed by atoms with Crippen molar-refractivity contribution in [1.82, 2.24) is 9.88 Å². The van der Waals surface area contributed by atoms with Crippen LogP contribution >= 0.6 is 0 Å². The van der Waals surface area contributed by atoms with E-state index in [1.54, 1.807) is 6.20 Å². The average molecular weight is 587 g/mol. The van der Waals surface area contributed by atoms with Crippen LogP contribution in [0.2, 0.25) is 0 Å². The molecule has 1 heterocycles. The molecule has 0 aliphatic heterocycles. The largest absolute Gasteiger partial charge is 0.508 e. The monoisotopic (exact) mass is 586 g/mol. The fourth-order valence-electron chi connectivity index (χ4n) is 8.57. The molecule has 3 aliphatic carbocycles. The van der Waals surface area contributed by atoms with Gasteiger partial charge in [0.1, 0.15) is 5.75 Å². The maximum Gasteiger partial charge on any atom is 0.115 e. The summed E-state index contributed by atoms with van der Waals surface area (Å²) >= 11 is 0. The molecule has 6 heteroatoms. The number of nitrogens with zero attached hydrogens (tertiary/aromatic N) is 2. The van der Waals surface area contributed by atoms with Gasteiger partial charge in [0.2, 0.25) is 0 Å². The molecule has 2 saturated carbocycles. The number of phenols is 1. The zero-order valence-electron chi connectivity index (χ0n) is 25.1. The first kappa shape index (κ1) is 29.5. The second-order valence-corrected chi connectivity index (χ2v) is 15.0. The van der Waals surface area contributed by atoms with Crippen molar-refractivity contribution in [1.29, 1.82) is 0 Å². The van der Waals surface area contributed by atoms with E-state index in [1.807, 2.05) is 30.3 Å². The molecular weight excluding hydrogens is 540 g/mol. The summed E-state index contributed by atoms with van der Waals surface area (Å²) in [5, 5.41) is 21.3. The van der Waals surface area contributed by atoms with Crippen molar-refractivity contribution in [2.24, 2.45) is 17.3 Å². The van der Waals surface area contributed by atoms with Gasteiger partial charge in [0, 0.05) is 29.3 Å². The van der Waals surface area contributed by atoms with Crippen molar-refractivity contribution in [3.8, 4) is 5.75 Å². The Balaban J connectivity index is 1.09. The predicted octanol–water partition coefficient (Wildman–Crippen LogP) is 6.21. The molecule has 2 aromatic carbocycles. The number of aromatic nitrogens is 1. The molecule has 6 rings (SSSR count). The Kier molecular flexibility index (Phi) is 8.85. The molecule has 1 aromatic heterocycles. The maximum atomic E-state index is 12.4. The van der Waals surface area contributed by atoms with Crippen LogP contribution in [0.15, 0.2) is 66.9 Å². The van der Waals surface area contributed by atoms with Crippen molar-refractivity contribution in [2.75, 3.05) is 25.9 Å². The SMILES string of the molecule is CN(CCCS(=O)Cc1ccccn1)CCc1ccc([C@H]2CC3(C)C(O)CCC3C3CCc4cc(O)ccc4C32)cc1. The first-order chi connectivity index (χ1) is 20.3. The minimum atomic E-state index is -0.875. The van der Waals surface area contributed by atoms with Crippen molar-refractivity contribution in [2.45, 2.75) is 75.6 Å². The number of rotatable bonds is 10. The molecule has 0 radical (unpaired) electrons. The summed E-state index contributed by atoms with van der Waals surface area (Å²) in [6.45, 7) is 4.26. The fraction of sp³-hybridized carbons (Fsp3) is 0.528. The van der Waals surface area contributed by atoms with E-state index in [0.29, 0.717) is 40.9 Å². The fourth-order valence-corrected chi connectivity index (χ4v) is 9.67. The van der Waals surface area contributed by atoms with Crippen LogP contribution < -0.4 is 0 Å². The number of aliphatic hydroxyl groups excluding tert-OH is 1. The minimum Gasteiger partial charge on any atom is -0.508 e. The number of fused-ring (bicyclic) bond motifs is 5. The first-order valence-electron chi connectivity index (χ1n) is 15.8.